The van der Waals surface area contributed by atoms with E-state index in [1.807, 2.05) is 0 Å². The van der Waals surface area contributed by atoms with Gasteiger partial charge in [-0.05, 0) is 18.2 Å². The molecule has 0 aromatic heterocycles. The molecule has 0 spiro atoms. The van der Waals surface area contributed by atoms with E-state index in [2.05, 4.69) is 82.8 Å². The van der Waals surface area contributed by atoms with Gasteiger partial charge in [0, 0.05) is 45.3 Å². The van der Waals surface area contributed by atoms with Gasteiger partial charge in [0.1, 0.15) is 0 Å². The molecule has 122 valence electrons. The summed E-state index contributed by atoms with van der Waals surface area (Å²) in [6, 6.07) is 21.9. The zero-order chi connectivity index (χ0) is 15.9. The highest BCUT2D eigenvalue weighted by Crippen LogP contribution is 2.16. The topological polar surface area (TPSA) is 18.5 Å². The average molecular weight is 309 g/mol. The van der Waals surface area contributed by atoms with Crippen molar-refractivity contribution in [3.63, 3.8) is 0 Å². The van der Waals surface area contributed by atoms with Crippen LogP contribution in [0.15, 0.2) is 60.7 Å². The van der Waals surface area contributed by atoms with Crippen LogP contribution in [0.25, 0.3) is 0 Å². The van der Waals surface area contributed by atoms with Gasteiger partial charge < -0.3 is 10.2 Å². The monoisotopic (exact) mass is 309 g/mol. The van der Waals surface area contributed by atoms with Crippen LogP contribution in [-0.4, -0.2) is 49.6 Å². The number of piperazine rings is 1. The van der Waals surface area contributed by atoms with Gasteiger partial charge >= 0.3 is 0 Å². The molecule has 0 unspecified atom stereocenters. The van der Waals surface area contributed by atoms with E-state index in [0.29, 0.717) is 6.04 Å². The lowest BCUT2D eigenvalue weighted by atomic mass is 10.1. The first-order valence-corrected chi connectivity index (χ1v) is 8.54. The van der Waals surface area contributed by atoms with Crippen LogP contribution in [0.5, 0.6) is 0 Å². The van der Waals surface area contributed by atoms with E-state index >= 15 is 0 Å². The molecule has 3 nitrogen and oxygen atoms in total. The highest BCUT2D eigenvalue weighted by atomic mass is 15.3. The van der Waals surface area contributed by atoms with Gasteiger partial charge in [-0.3, -0.25) is 4.90 Å². The Bertz CT molecular complexity index is 562. The Kier molecular flexibility index (Phi) is 5.81. The maximum Gasteiger partial charge on any atom is 0.0451 e. The lowest BCUT2D eigenvalue weighted by Crippen LogP contribution is -2.47. The minimum absolute atomic E-state index is 0.375. The van der Waals surface area contributed by atoms with Crippen LogP contribution in [0.2, 0.25) is 0 Å². The molecule has 3 heteroatoms. The molecule has 0 bridgehead atoms. The highest BCUT2D eigenvalue weighted by molar-refractivity contribution is 5.20. The Balaban J connectivity index is 1.64. The van der Waals surface area contributed by atoms with Crippen LogP contribution in [0.1, 0.15) is 17.2 Å². The average Bonchev–Trinajstić information content (AvgIpc) is 2.62. The standard InChI is InChI=1S/C20H27N3/c1-22-12-14-23(15-13-22)17-20(19-10-6-3-7-11-19)21-16-18-8-4-2-5-9-18/h2-11,20-21H,12-17H2,1H3/t20-/m1/s1. The molecule has 0 radical (unpaired) electrons. The Morgan fingerprint density at radius 2 is 1.48 bits per heavy atom. The van der Waals surface area contributed by atoms with Gasteiger partial charge in [0.25, 0.3) is 0 Å². The Labute approximate surface area is 139 Å². The number of hydrogen-bond donors (Lipinski definition) is 1. The van der Waals surface area contributed by atoms with Crippen molar-refractivity contribution >= 4 is 0 Å². The summed E-state index contributed by atoms with van der Waals surface area (Å²) in [6.07, 6.45) is 0. The third-order valence-corrected chi connectivity index (χ3v) is 4.63. The van der Waals surface area contributed by atoms with Crippen LogP contribution in [-0.2, 0) is 6.54 Å². The molecule has 0 amide bonds. The summed E-state index contributed by atoms with van der Waals surface area (Å²) in [5.41, 5.74) is 2.72. The van der Waals surface area contributed by atoms with Crippen molar-refractivity contribution in [2.24, 2.45) is 0 Å². The first kappa shape index (κ1) is 16.2. The normalized spacial score (nSPS) is 18.0. The van der Waals surface area contributed by atoms with Gasteiger partial charge in [-0.2, -0.15) is 0 Å². The fraction of sp³-hybridized carbons (Fsp3) is 0.400. The molecule has 1 aliphatic rings. The first-order chi connectivity index (χ1) is 11.3. The van der Waals surface area contributed by atoms with Crippen molar-refractivity contribution in [2.45, 2.75) is 12.6 Å². The predicted molar refractivity (Wildman–Crippen MR) is 96.4 cm³/mol. The van der Waals surface area contributed by atoms with E-state index < -0.39 is 0 Å². The van der Waals surface area contributed by atoms with Crippen LogP contribution in [0.4, 0.5) is 0 Å². The number of nitrogens with one attached hydrogen (secondary N) is 1. The second-order valence-corrected chi connectivity index (χ2v) is 6.43. The van der Waals surface area contributed by atoms with Crippen molar-refractivity contribution < 1.29 is 0 Å². The van der Waals surface area contributed by atoms with E-state index in [4.69, 9.17) is 0 Å². The molecule has 1 atom stereocenters. The lowest BCUT2D eigenvalue weighted by Gasteiger charge is -2.35. The summed E-state index contributed by atoms with van der Waals surface area (Å²) in [4.78, 5) is 4.99. The zero-order valence-corrected chi connectivity index (χ0v) is 14.0. The molecule has 0 aliphatic carbocycles. The third-order valence-electron chi connectivity index (χ3n) is 4.63. The SMILES string of the molecule is CN1CCN(C[C@@H](NCc2ccccc2)c2ccccc2)CC1. The Morgan fingerprint density at radius 1 is 0.870 bits per heavy atom. The highest BCUT2D eigenvalue weighted by Gasteiger charge is 2.19. The van der Waals surface area contributed by atoms with Crippen molar-refractivity contribution in [1.29, 1.82) is 0 Å². The number of likely N-dealkylation sites (N-methyl/N-ethyl adjacent to an activating group) is 1. The molecule has 1 heterocycles. The predicted octanol–water partition coefficient (Wildman–Crippen LogP) is 2.76. The molecule has 1 aliphatic heterocycles. The first-order valence-electron chi connectivity index (χ1n) is 8.54. The molecule has 3 rings (SSSR count). The number of rotatable bonds is 6. The summed E-state index contributed by atoms with van der Waals surface area (Å²) < 4.78 is 0. The van der Waals surface area contributed by atoms with Crippen molar-refractivity contribution in [1.82, 2.24) is 15.1 Å². The summed E-state index contributed by atoms with van der Waals surface area (Å²) in [5.74, 6) is 0. The van der Waals surface area contributed by atoms with E-state index in [1.54, 1.807) is 0 Å². The number of benzene rings is 2. The summed E-state index contributed by atoms with van der Waals surface area (Å²) in [5, 5.41) is 3.76. The number of hydrogen-bond acceptors (Lipinski definition) is 3. The Hall–Kier alpha value is -1.68. The van der Waals surface area contributed by atoms with Crippen LogP contribution in [0.3, 0.4) is 0 Å². The molecule has 23 heavy (non-hydrogen) atoms. The molecular formula is C20H27N3. The van der Waals surface area contributed by atoms with Gasteiger partial charge in [-0.15, -0.1) is 0 Å². The maximum atomic E-state index is 3.76. The molecule has 1 fully saturated rings. The van der Waals surface area contributed by atoms with Gasteiger partial charge in [-0.1, -0.05) is 60.7 Å². The van der Waals surface area contributed by atoms with Crippen LogP contribution >= 0.6 is 0 Å². The summed E-state index contributed by atoms with van der Waals surface area (Å²) in [7, 11) is 2.21. The molecule has 1 saturated heterocycles. The molecule has 1 N–H and O–H groups in total. The zero-order valence-electron chi connectivity index (χ0n) is 14.0. The van der Waals surface area contributed by atoms with E-state index in [-0.39, 0.29) is 0 Å². The van der Waals surface area contributed by atoms with Crippen LogP contribution in [0, 0.1) is 0 Å². The quantitative estimate of drug-likeness (QED) is 0.885. The van der Waals surface area contributed by atoms with Gasteiger partial charge in [0.15, 0.2) is 0 Å². The molecule has 0 saturated carbocycles. The van der Waals surface area contributed by atoms with Crippen molar-refractivity contribution in [3.8, 4) is 0 Å². The fourth-order valence-electron chi connectivity index (χ4n) is 3.10. The van der Waals surface area contributed by atoms with Gasteiger partial charge in [-0.25, -0.2) is 0 Å². The Morgan fingerprint density at radius 3 is 2.13 bits per heavy atom. The van der Waals surface area contributed by atoms with E-state index in [9.17, 15) is 0 Å². The second-order valence-electron chi connectivity index (χ2n) is 6.43. The number of nitrogens with zero attached hydrogens (tertiary/aromatic N) is 2. The van der Waals surface area contributed by atoms with Crippen molar-refractivity contribution in [3.05, 3.63) is 71.8 Å². The van der Waals surface area contributed by atoms with E-state index in [0.717, 1.165) is 26.2 Å². The summed E-state index contributed by atoms with van der Waals surface area (Å²) >= 11 is 0. The fourth-order valence-corrected chi connectivity index (χ4v) is 3.10. The van der Waals surface area contributed by atoms with Gasteiger partial charge in [0.05, 0.1) is 0 Å². The smallest absolute Gasteiger partial charge is 0.0451 e. The molecular weight excluding hydrogens is 282 g/mol. The van der Waals surface area contributed by atoms with Gasteiger partial charge in [0.2, 0.25) is 0 Å². The molecule has 2 aromatic carbocycles. The maximum absolute atomic E-state index is 3.76. The molecule has 2 aromatic rings. The van der Waals surface area contributed by atoms with E-state index in [1.165, 1.54) is 24.2 Å². The van der Waals surface area contributed by atoms with Crippen molar-refractivity contribution in [2.75, 3.05) is 39.8 Å². The minimum Gasteiger partial charge on any atom is -0.305 e. The minimum atomic E-state index is 0.375. The lowest BCUT2D eigenvalue weighted by molar-refractivity contribution is 0.142. The largest absolute Gasteiger partial charge is 0.305 e. The summed E-state index contributed by atoms with van der Waals surface area (Å²) in [6.45, 7) is 6.64. The third kappa shape index (κ3) is 4.90. The second kappa shape index (κ2) is 8.25. The van der Waals surface area contributed by atoms with Crippen LogP contribution < -0.4 is 5.32 Å².